The number of anilines is 1. The number of halogens is 1. The zero-order valence-corrected chi connectivity index (χ0v) is 14.9. The van der Waals surface area contributed by atoms with Gasteiger partial charge in [0.05, 0.1) is 6.04 Å². The van der Waals surface area contributed by atoms with Crippen molar-refractivity contribution in [1.82, 2.24) is 4.90 Å². The largest absolute Gasteiger partial charge is 0.327 e. The van der Waals surface area contributed by atoms with Crippen LogP contribution in [0.1, 0.15) is 38.7 Å². The zero-order valence-electron chi connectivity index (χ0n) is 14.9. The fraction of sp³-hybridized carbons (Fsp3) is 0.632. The molecule has 2 atom stereocenters. The maximum Gasteiger partial charge on any atom is 0.244 e. The topological polar surface area (TPSA) is 49.6 Å². The normalized spacial score (nSPS) is 28.2. The minimum absolute atomic E-state index is 0.0204. The lowest BCUT2D eigenvalue weighted by Crippen LogP contribution is -2.60. The molecule has 2 unspecified atom stereocenters. The summed E-state index contributed by atoms with van der Waals surface area (Å²) in [6, 6.07) is 4.75. The molecule has 2 saturated heterocycles. The van der Waals surface area contributed by atoms with Crippen LogP contribution in [0.25, 0.3) is 0 Å². The number of likely N-dealkylation sites (tertiary alicyclic amines) is 1. The van der Waals surface area contributed by atoms with Crippen molar-refractivity contribution < 1.29 is 9.18 Å². The fourth-order valence-electron chi connectivity index (χ4n) is 4.04. The van der Waals surface area contributed by atoms with Gasteiger partial charge in [0.25, 0.3) is 0 Å². The summed E-state index contributed by atoms with van der Waals surface area (Å²) in [5.41, 5.74) is 7.90. The SMILES string of the molecule is Cc1cc(F)ccc1N1CCCC(N2CCC(N)C(C)(C)C2)C1=O. The lowest BCUT2D eigenvalue weighted by Gasteiger charge is -2.47. The summed E-state index contributed by atoms with van der Waals surface area (Å²) in [6.07, 6.45) is 2.78. The summed E-state index contributed by atoms with van der Waals surface area (Å²) in [5, 5.41) is 0. The number of nitrogens with zero attached hydrogens (tertiary/aromatic N) is 2. The Bertz CT molecular complexity index is 631. The molecule has 1 aromatic rings. The molecule has 0 aliphatic carbocycles. The van der Waals surface area contributed by atoms with Crippen LogP contribution in [0.4, 0.5) is 10.1 Å². The Balaban J connectivity index is 1.80. The van der Waals surface area contributed by atoms with Crippen molar-refractivity contribution in [1.29, 1.82) is 0 Å². The lowest BCUT2D eigenvalue weighted by atomic mass is 9.79. The summed E-state index contributed by atoms with van der Waals surface area (Å²) in [7, 11) is 0. The van der Waals surface area contributed by atoms with E-state index >= 15 is 0 Å². The van der Waals surface area contributed by atoms with Crippen LogP contribution in [0.5, 0.6) is 0 Å². The van der Waals surface area contributed by atoms with E-state index in [4.69, 9.17) is 5.73 Å². The van der Waals surface area contributed by atoms with Crippen molar-refractivity contribution in [2.24, 2.45) is 11.1 Å². The Morgan fingerprint density at radius 1 is 1.25 bits per heavy atom. The molecule has 2 aliphatic rings. The molecule has 1 amide bonds. The maximum atomic E-state index is 13.4. The van der Waals surface area contributed by atoms with Crippen LogP contribution >= 0.6 is 0 Å². The van der Waals surface area contributed by atoms with Crippen LogP contribution in [0, 0.1) is 18.2 Å². The van der Waals surface area contributed by atoms with Gasteiger partial charge in [0.1, 0.15) is 5.82 Å². The molecule has 2 fully saturated rings. The molecule has 2 aliphatic heterocycles. The molecule has 4 nitrogen and oxygen atoms in total. The first-order valence-electron chi connectivity index (χ1n) is 8.87. The van der Waals surface area contributed by atoms with E-state index in [1.54, 1.807) is 6.07 Å². The van der Waals surface area contributed by atoms with Crippen molar-refractivity contribution in [3.05, 3.63) is 29.6 Å². The van der Waals surface area contributed by atoms with E-state index < -0.39 is 0 Å². The maximum absolute atomic E-state index is 13.4. The molecule has 132 valence electrons. The third-order valence-corrected chi connectivity index (χ3v) is 5.64. The summed E-state index contributed by atoms with van der Waals surface area (Å²) >= 11 is 0. The quantitative estimate of drug-likeness (QED) is 0.905. The third-order valence-electron chi connectivity index (χ3n) is 5.64. The molecule has 0 spiro atoms. The van der Waals surface area contributed by atoms with E-state index in [1.807, 2.05) is 11.8 Å². The molecule has 3 rings (SSSR count). The molecular weight excluding hydrogens is 305 g/mol. The summed E-state index contributed by atoms with van der Waals surface area (Å²) < 4.78 is 13.4. The van der Waals surface area contributed by atoms with Gasteiger partial charge in [-0.2, -0.15) is 0 Å². The first-order chi connectivity index (χ1) is 11.3. The van der Waals surface area contributed by atoms with Gasteiger partial charge in [0.2, 0.25) is 5.91 Å². The van der Waals surface area contributed by atoms with Gasteiger partial charge in [-0.1, -0.05) is 13.8 Å². The van der Waals surface area contributed by atoms with Gasteiger partial charge >= 0.3 is 0 Å². The fourth-order valence-corrected chi connectivity index (χ4v) is 4.04. The molecule has 24 heavy (non-hydrogen) atoms. The number of nitrogens with two attached hydrogens (primary N) is 1. The molecule has 1 aromatic carbocycles. The average Bonchev–Trinajstić information content (AvgIpc) is 2.51. The van der Waals surface area contributed by atoms with Gasteiger partial charge in [0.15, 0.2) is 0 Å². The lowest BCUT2D eigenvalue weighted by molar-refractivity contribution is -0.126. The highest BCUT2D eigenvalue weighted by Crippen LogP contribution is 2.33. The van der Waals surface area contributed by atoms with Gasteiger partial charge in [-0.15, -0.1) is 0 Å². The van der Waals surface area contributed by atoms with E-state index in [9.17, 15) is 9.18 Å². The van der Waals surface area contributed by atoms with E-state index in [0.29, 0.717) is 6.54 Å². The van der Waals surface area contributed by atoms with Crippen LogP contribution in [0.15, 0.2) is 18.2 Å². The number of aryl methyl sites for hydroxylation is 1. The summed E-state index contributed by atoms with van der Waals surface area (Å²) in [5.74, 6) is -0.119. The second-order valence-corrected chi connectivity index (χ2v) is 7.93. The average molecular weight is 333 g/mol. The third kappa shape index (κ3) is 3.20. The minimum atomic E-state index is -0.260. The minimum Gasteiger partial charge on any atom is -0.327 e. The predicted molar refractivity (Wildman–Crippen MR) is 94.5 cm³/mol. The number of carbonyl (C=O) groups excluding carboxylic acids is 1. The molecule has 0 radical (unpaired) electrons. The number of amides is 1. The van der Waals surface area contributed by atoms with Crippen molar-refractivity contribution in [2.75, 3.05) is 24.5 Å². The van der Waals surface area contributed by atoms with Gasteiger partial charge in [0, 0.05) is 31.4 Å². The standard InChI is InChI=1S/C19H28FN3O/c1-13-11-14(20)6-7-15(13)23-9-4-5-16(18(23)24)22-10-8-17(21)19(2,3)12-22/h6-7,11,16-17H,4-5,8-10,12,21H2,1-3H3. The molecule has 0 bridgehead atoms. The highest BCUT2D eigenvalue weighted by atomic mass is 19.1. The van der Waals surface area contributed by atoms with Crippen LogP contribution in [0.3, 0.4) is 0 Å². The predicted octanol–water partition coefficient (Wildman–Crippen LogP) is 2.69. The van der Waals surface area contributed by atoms with Gasteiger partial charge in [-0.05, 0) is 55.4 Å². The first-order valence-corrected chi connectivity index (χ1v) is 8.87. The van der Waals surface area contributed by atoms with Crippen LogP contribution < -0.4 is 10.6 Å². The van der Waals surface area contributed by atoms with Crippen molar-refractivity contribution in [3.63, 3.8) is 0 Å². The highest BCUT2D eigenvalue weighted by Gasteiger charge is 2.41. The number of piperidine rings is 2. The summed E-state index contributed by atoms with van der Waals surface area (Å²) in [6.45, 7) is 8.65. The molecule has 0 saturated carbocycles. The van der Waals surface area contributed by atoms with Gasteiger partial charge < -0.3 is 10.6 Å². The number of carbonyl (C=O) groups is 1. The number of benzene rings is 1. The second-order valence-electron chi connectivity index (χ2n) is 7.93. The Kier molecular flexibility index (Phi) is 4.67. The Morgan fingerprint density at radius 2 is 2.00 bits per heavy atom. The monoisotopic (exact) mass is 333 g/mol. The second kappa shape index (κ2) is 6.45. The first kappa shape index (κ1) is 17.4. The Labute approximate surface area is 143 Å². The van der Waals surface area contributed by atoms with Crippen molar-refractivity contribution in [3.8, 4) is 0 Å². The highest BCUT2D eigenvalue weighted by molar-refractivity contribution is 5.98. The molecule has 0 aromatic heterocycles. The number of rotatable bonds is 2. The molecule has 5 heteroatoms. The molecular formula is C19H28FN3O. The van der Waals surface area contributed by atoms with E-state index in [1.165, 1.54) is 12.1 Å². The molecule has 2 heterocycles. The molecule has 2 N–H and O–H groups in total. The smallest absolute Gasteiger partial charge is 0.244 e. The number of hydrogen-bond donors (Lipinski definition) is 1. The van der Waals surface area contributed by atoms with Crippen molar-refractivity contribution >= 4 is 11.6 Å². The van der Waals surface area contributed by atoms with Crippen molar-refractivity contribution in [2.45, 2.75) is 52.1 Å². The Morgan fingerprint density at radius 3 is 2.67 bits per heavy atom. The Hall–Kier alpha value is -1.46. The van der Waals surface area contributed by atoms with Crippen LogP contribution in [0.2, 0.25) is 0 Å². The van der Waals surface area contributed by atoms with Crippen LogP contribution in [-0.2, 0) is 4.79 Å². The van der Waals surface area contributed by atoms with E-state index in [0.717, 1.165) is 43.6 Å². The number of hydrogen-bond acceptors (Lipinski definition) is 3. The summed E-state index contributed by atoms with van der Waals surface area (Å²) in [4.78, 5) is 17.3. The van der Waals surface area contributed by atoms with Gasteiger partial charge in [-0.25, -0.2) is 4.39 Å². The zero-order chi connectivity index (χ0) is 17.5. The van der Waals surface area contributed by atoms with Gasteiger partial charge in [-0.3, -0.25) is 9.69 Å². The van der Waals surface area contributed by atoms with Crippen LogP contribution in [-0.4, -0.2) is 42.5 Å². The van der Waals surface area contributed by atoms with E-state index in [-0.39, 0.29) is 29.2 Å². The van der Waals surface area contributed by atoms with E-state index in [2.05, 4.69) is 18.7 Å².